The predicted molar refractivity (Wildman–Crippen MR) is 129 cm³/mol. The van der Waals surface area contributed by atoms with Crippen molar-refractivity contribution in [3.63, 3.8) is 0 Å². The van der Waals surface area contributed by atoms with Crippen LogP contribution in [0.15, 0.2) is 72.3 Å². The number of nitrogens with zero attached hydrogens (tertiary/aromatic N) is 2. The number of rotatable bonds is 6. The first-order chi connectivity index (χ1) is 16.7. The molecule has 1 heterocycles. The first kappa shape index (κ1) is 23.9. The minimum absolute atomic E-state index is 0.0239. The molecule has 9 nitrogen and oxygen atoms in total. The second-order valence-electron chi connectivity index (χ2n) is 7.31. The van der Waals surface area contributed by atoms with Gasteiger partial charge in [-0.3, -0.25) is 25.0 Å². The molecule has 1 fully saturated rings. The quantitative estimate of drug-likeness (QED) is 0.211. The van der Waals surface area contributed by atoms with E-state index in [0.717, 1.165) is 4.90 Å². The summed E-state index contributed by atoms with van der Waals surface area (Å²) in [5.41, 5.74) is 0.512. The number of halogens is 2. The molecule has 3 aromatic carbocycles. The monoisotopic (exact) mass is 511 g/mol. The number of carbonyl (C=O) groups is 3. The molecule has 1 saturated heterocycles. The maximum atomic E-state index is 13.2. The van der Waals surface area contributed by atoms with E-state index in [4.69, 9.17) is 27.9 Å². The Balaban J connectivity index is 1.67. The van der Waals surface area contributed by atoms with E-state index in [0.29, 0.717) is 10.6 Å². The zero-order chi connectivity index (χ0) is 25.1. The molecule has 1 aliphatic heterocycles. The Bertz CT molecular complexity index is 1410. The summed E-state index contributed by atoms with van der Waals surface area (Å²) < 4.78 is 5.81. The number of para-hydroxylation sites is 1. The van der Waals surface area contributed by atoms with Gasteiger partial charge in [-0.15, -0.1) is 0 Å². The topological polar surface area (TPSA) is 119 Å². The first-order valence-corrected chi connectivity index (χ1v) is 10.8. The van der Waals surface area contributed by atoms with Crippen molar-refractivity contribution in [2.24, 2.45) is 0 Å². The second kappa shape index (κ2) is 9.96. The maximum absolute atomic E-state index is 13.2. The van der Waals surface area contributed by atoms with E-state index in [1.165, 1.54) is 48.5 Å². The van der Waals surface area contributed by atoms with E-state index >= 15 is 0 Å². The molecular weight excluding hydrogens is 497 g/mol. The molecule has 0 bridgehead atoms. The zero-order valence-electron chi connectivity index (χ0n) is 17.7. The van der Waals surface area contributed by atoms with Crippen molar-refractivity contribution in [3.8, 4) is 5.75 Å². The molecule has 1 aliphatic rings. The molecule has 4 amide bonds. The predicted octanol–water partition coefficient (Wildman–Crippen LogP) is 5.15. The molecular formula is C24H15Cl2N3O6. The van der Waals surface area contributed by atoms with Crippen LogP contribution in [0.1, 0.15) is 11.1 Å². The van der Waals surface area contributed by atoms with Gasteiger partial charge in [0, 0.05) is 22.7 Å². The molecule has 11 heteroatoms. The number of benzene rings is 3. The van der Waals surface area contributed by atoms with Gasteiger partial charge >= 0.3 is 6.03 Å². The number of nitro groups is 1. The summed E-state index contributed by atoms with van der Waals surface area (Å²) in [6.45, 7) is -0.0239. The third-order valence-electron chi connectivity index (χ3n) is 4.98. The van der Waals surface area contributed by atoms with E-state index in [1.807, 2.05) is 0 Å². The van der Waals surface area contributed by atoms with Crippen LogP contribution in [0, 0.1) is 10.1 Å². The fourth-order valence-electron chi connectivity index (χ4n) is 3.35. The van der Waals surface area contributed by atoms with Crippen molar-refractivity contribution >= 4 is 58.5 Å². The number of amides is 4. The number of imide groups is 2. The minimum Gasteiger partial charge on any atom is -0.488 e. The van der Waals surface area contributed by atoms with Crippen LogP contribution in [0.25, 0.3) is 6.08 Å². The Morgan fingerprint density at radius 1 is 1.00 bits per heavy atom. The summed E-state index contributed by atoms with van der Waals surface area (Å²) in [7, 11) is 0. The number of non-ortho nitro benzene ring substituents is 1. The van der Waals surface area contributed by atoms with Crippen LogP contribution in [0.4, 0.5) is 16.2 Å². The van der Waals surface area contributed by atoms with E-state index < -0.39 is 22.8 Å². The molecule has 1 N–H and O–H groups in total. The van der Waals surface area contributed by atoms with E-state index in [1.54, 1.807) is 24.3 Å². The van der Waals surface area contributed by atoms with Gasteiger partial charge < -0.3 is 4.74 Å². The van der Waals surface area contributed by atoms with Crippen molar-refractivity contribution in [3.05, 3.63) is 104 Å². The molecule has 4 rings (SSSR count). The maximum Gasteiger partial charge on any atom is 0.335 e. The van der Waals surface area contributed by atoms with Gasteiger partial charge in [-0.25, -0.2) is 9.69 Å². The van der Waals surface area contributed by atoms with Crippen LogP contribution in [-0.4, -0.2) is 22.8 Å². The highest BCUT2D eigenvalue weighted by atomic mass is 35.5. The highest BCUT2D eigenvalue weighted by molar-refractivity contribution is 6.42. The van der Waals surface area contributed by atoms with Crippen LogP contribution < -0.4 is 15.0 Å². The summed E-state index contributed by atoms with van der Waals surface area (Å²) in [5.74, 6) is -1.51. The molecule has 176 valence electrons. The van der Waals surface area contributed by atoms with E-state index in [-0.39, 0.29) is 39.9 Å². The van der Waals surface area contributed by atoms with E-state index in [2.05, 4.69) is 5.32 Å². The molecule has 0 radical (unpaired) electrons. The highest BCUT2D eigenvalue weighted by Gasteiger charge is 2.37. The lowest BCUT2D eigenvalue weighted by Gasteiger charge is -2.27. The number of hydrogen-bond donors (Lipinski definition) is 1. The van der Waals surface area contributed by atoms with Crippen LogP contribution in [0.2, 0.25) is 10.0 Å². The number of hydrogen-bond acceptors (Lipinski definition) is 6. The first-order valence-electron chi connectivity index (χ1n) is 10.1. The lowest BCUT2D eigenvalue weighted by atomic mass is 10.1. The van der Waals surface area contributed by atoms with Gasteiger partial charge in [0.05, 0.1) is 15.6 Å². The molecule has 0 unspecified atom stereocenters. The molecule has 0 saturated carbocycles. The van der Waals surface area contributed by atoms with Crippen LogP contribution in [0.5, 0.6) is 5.75 Å². The summed E-state index contributed by atoms with van der Waals surface area (Å²) in [6, 6.07) is 15.8. The smallest absolute Gasteiger partial charge is 0.335 e. The summed E-state index contributed by atoms with van der Waals surface area (Å²) >= 11 is 12.3. The lowest BCUT2D eigenvalue weighted by Crippen LogP contribution is -2.54. The SMILES string of the molecule is O=C1NC(=O)N(c2ccccc2Cl)C(=O)/C1=C/c1cc(Cl)ccc1OCc1cccc([N+](=O)[O-])c1. The summed E-state index contributed by atoms with van der Waals surface area (Å²) in [6.07, 6.45) is 1.25. The number of carbonyl (C=O) groups excluding carboxylic acids is 3. The Labute approximate surface area is 208 Å². The van der Waals surface area contributed by atoms with Crippen molar-refractivity contribution in [1.29, 1.82) is 0 Å². The standard InChI is InChI=1S/C24H15Cl2N3O6/c25-16-8-9-21(35-13-14-4-3-5-17(10-14)29(33)34)15(11-16)12-18-22(30)27-24(32)28(23(18)31)20-7-2-1-6-19(20)26/h1-12H,13H2,(H,27,30,32)/b18-12+. The molecule has 0 aromatic heterocycles. The van der Waals surface area contributed by atoms with E-state index in [9.17, 15) is 24.5 Å². The Hall–Kier alpha value is -4.21. The van der Waals surface area contributed by atoms with Gasteiger partial charge in [-0.05, 0) is 42.0 Å². The van der Waals surface area contributed by atoms with Gasteiger partial charge in [-0.1, -0.05) is 47.5 Å². The van der Waals surface area contributed by atoms with Crippen molar-refractivity contribution < 1.29 is 24.0 Å². The molecule has 0 aliphatic carbocycles. The largest absolute Gasteiger partial charge is 0.488 e. The average molecular weight is 512 g/mol. The van der Waals surface area contributed by atoms with Crippen LogP contribution in [-0.2, 0) is 16.2 Å². The number of urea groups is 1. The normalized spacial score (nSPS) is 14.7. The summed E-state index contributed by atoms with van der Waals surface area (Å²) in [5, 5.41) is 13.6. The molecule has 0 spiro atoms. The van der Waals surface area contributed by atoms with Gasteiger partial charge in [0.25, 0.3) is 17.5 Å². The number of nitrogens with one attached hydrogen (secondary N) is 1. The average Bonchev–Trinajstić information content (AvgIpc) is 2.82. The molecule has 0 atom stereocenters. The fourth-order valence-corrected chi connectivity index (χ4v) is 3.75. The molecule has 35 heavy (non-hydrogen) atoms. The third kappa shape index (κ3) is 5.16. The number of nitro benzene ring substituents is 1. The van der Waals surface area contributed by atoms with Crippen molar-refractivity contribution in [2.75, 3.05) is 4.90 Å². The minimum atomic E-state index is -0.932. The van der Waals surface area contributed by atoms with Gasteiger partial charge in [0.1, 0.15) is 17.9 Å². The summed E-state index contributed by atoms with van der Waals surface area (Å²) in [4.78, 5) is 49.4. The number of anilines is 1. The van der Waals surface area contributed by atoms with Gasteiger partial charge in [0.15, 0.2) is 0 Å². The van der Waals surface area contributed by atoms with Gasteiger partial charge in [0.2, 0.25) is 0 Å². The lowest BCUT2D eigenvalue weighted by molar-refractivity contribution is -0.384. The second-order valence-corrected chi connectivity index (χ2v) is 8.15. The Morgan fingerprint density at radius 2 is 1.77 bits per heavy atom. The Kier molecular flexibility index (Phi) is 6.81. The van der Waals surface area contributed by atoms with Gasteiger partial charge in [-0.2, -0.15) is 0 Å². The van der Waals surface area contributed by atoms with Crippen molar-refractivity contribution in [1.82, 2.24) is 5.32 Å². The molecule has 3 aromatic rings. The van der Waals surface area contributed by atoms with Crippen molar-refractivity contribution in [2.45, 2.75) is 6.61 Å². The third-order valence-corrected chi connectivity index (χ3v) is 5.54. The number of ether oxygens (including phenoxy) is 1. The van der Waals surface area contributed by atoms with Crippen LogP contribution in [0.3, 0.4) is 0 Å². The zero-order valence-corrected chi connectivity index (χ0v) is 19.2. The number of barbiturate groups is 1. The Morgan fingerprint density at radius 3 is 2.51 bits per heavy atom. The van der Waals surface area contributed by atoms with Crippen LogP contribution >= 0.6 is 23.2 Å². The fraction of sp³-hybridized carbons (Fsp3) is 0.0417. The highest BCUT2D eigenvalue weighted by Crippen LogP contribution is 2.31.